The van der Waals surface area contributed by atoms with Gasteiger partial charge < -0.3 is 108 Å². The van der Waals surface area contributed by atoms with Crippen LogP contribution >= 0.6 is 0 Å². The Kier molecular flexibility index (Phi) is 16.3. The highest BCUT2D eigenvalue weighted by Gasteiger charge is 2.72. The van der Waals surface area contributed by atoms with E-state index in [0.717, 1.165) is 38.7 Å². The van der Waals surface area contributed by atoms with Crippen molar-refractivity contribution in [1.82, 2.24) is 0 Å². The van der Waals surface area contributed by atoms with Crippen molar-refractivity contribution in [2.45, 2.75) is 234 Å². The number of ether oxygens (including phenoxy) is 12. The topological polar surface area (TPSA) is 347 Å². The number of carbonyl (C=O) groups excluding carboxylic acids is 2. The van der Waals surface area contributed by atoms with Crippen molar-refractivity contribution < 1.29 is 117 Å². The third kappa shape index (κ3) is 9.87. The third-order valence-corrected chi connectivity index (χ3v) is 19.5. The molecule has 436 valence electrons. The number of rotatable bonds is 10. The van der Waals surface area contributed by atoms with Gasteiger partial charge in [0, 0.05) is 31.6 Å². The van der Waals surface area contributed by atoms with Gasteiger partial charge in [0.05, 0.1) is 50.3 Å². The Morgan fingerprint density at radius 3 is 2.03 bits per heavy atom. The van der Waals surface area contributed by atoms with E-state index in [1.807, 2.05) is 6.92 Å². The van der Waals surface area contributed by atoms with E-state index >= 15 is 0 Å². The number of allylic oxidation sites excluding steroid dienone is 1. The van der Waals surface area contributed by atoms with Crippen molar-refractivity contribution in [3.63, 3.8) is 0 Å². The molecule has 10 rings (SSSR count). The first-order valence-corrected chi connectivity index (χ1v) is 27.3. The van der Waals surface area contributed by atoms with E-state index in [9.17, 15) is 60.7 Å². The molecule has 0 aromatic heterocycles. The van der Waals surface area contributed by atoms with Crippen LogP contribution in [0.15, 0.2) is 23.8 Å². The Hall–Kier alpha value is -2.38. The highest BCUT2D eigenvalue weighted by atomic mass is 16.8. The maximum absolute atomic E-state index is 12.4. The summed E-state index contributed by atoms with van der Waals surface area (Å²) in [4.78, 5) is 24.5. The average molecular weight is 1100 g/mol. The quantitative estimate of drug-likeness (QED) is 0.0863. The monoisotopic (exact) mass is 1100 g/mol. The fourth-order valence-corrected chi connectivity index (χ4v) is 15.6. The number of esters is 2. The van der Waals surface area contributed by atoms with Crippen LogP contribution in [0.2, 0.25) is 0 Å². The van der Waals surface area contributed by atoms with Gasteiger partial charge in [-0.25, -0.2) is 0 Å². The molecule has 10 aliphatic rings. The molecule has 0 amide bonds. The smallest absolute Gasteiger partial charge is 0.303 e. The van der Waals surface area contributed by atoms with E-state index in [0.29, 0.717) is 18.4 Å². The molecule has 2 unspecified atom stereocenters. The SMILES string of the molecule is C=C1CO[C@@]2(O[C@H]3C[C@H]4[C@@H]5CC=C6C[C@@H](O)C[C@@H](O[C@@H]7OC[C@H](O)[C@H](O[C@@H]8OC[C@@H](O)[C@H](O)[C@H]8O)[C@H]7O[C@@H]7O[C@@H](C)[C@H](OC(C)=O)[C@@H](OC(C)=O)[C@H]7O)[C@]6(C)[C@H]5CC[C@]4(C)[C@H]3[C@@H]2C)C(O)C1O[C@@H]1O[C@H](C)[C@H](O)[C@H](O)[C@H]1O. The van der Waals surface area contributed by atoms with Crippen molar-refractivity contribution in [3.05, 3.63) is 23.8 Å². The minimum absolute atomic E-state index is 0.00307. The molecule has 77 heavy (non-hydrogen) atoms. The Bertz CT molecular complexity index is 2200. The Labute approximate surface area is 446 Å². The van der Waals surface area contributed by atoms with Crippen LogP contribution in [-0.2, 0) is 66.4 Å². The van der Waals surface area contributed by atoms with Crippen molar-refractivity contribution in [2.75, 3.05) is 19.8 Å². The Balaban J connectivity index is 0.908. The van der Waals surface area contributed by atoms with Gasteiger partial charge in [-0.3, -0.25) is 9.59 Å². The number of fused-ring (bicyclic) bond motifs is 7. The van der Waals surface area contributed by atoms with Crippen molar-refractivity contribution in [3.8, 4) is 0 Å². The van der Waals surface area contributed by atoms with Gasteiger partial charge >= 0.3 is 11.9 Å². The van der Waals surface area contributed by atoms with Crippen LogP contribution in [0.4, 0.5) is 0 Å². The maximum Gasteiger partial charge on any atom is 0.303 e. The summed E-state index contributed by atoms with van der Waals surface area (Å²) >= 11 is 0. The summed E-state index contributed by atoms with van der Waals surface area (Å²) in [5.41, 5.74) is 0.382. The summed E-state index contributed by atoms with van der Waals surface area (Å²) in [5.74, 6) is -3.23. The van der Waals surface area contributed by atoms with Gasteiger partial charge in [0.1, 0.15) is 73.2 Å². The molecule has 31 atom stereocenters. The van der Waals surface area contributed by atoms with Crippen LogP contribution < -0.4 is 0 Å². The molecule has 9 fully saturated rings. The molecule has 6 saturated heterocycles. The zero-order valence-corrected chi connectivity index (χ0v) is 44.5. The zero-order valence-electron chi connectivity index (χ0n) is 44.5. The number of aliphatic hydroxyl groups is 10. The summed E-state index contributed by atoms with van der Waals surface area (Å²) in [6, 6.07) is 0. The summed E-state index contributed by atoms with van der Waals surface area (Å²) in [7, 11) is 0. The second-order valence-corrected chi connectivity index (χ2v) is 24.0. The summed E-state index contributed by atoms with van der Waals surface area (Å²) in [6.07, 6.45) is -25.3. The molecule has 24 nitrogen and oxygen atoms in total. The van der Waals surface area contributed by atoms with Gasteiger partial charge in [-0.05, 0) is 80.6 Å². The fourth-order valence-electron chi connectivity index (χ4n) is 15.6. The average Bonchev–Trinajstić information content (AvgIpc) is 3.83. The van der Waals surface area contributed by atoms with Gasteiger partial charge in [-0.2, -0.15) is 0 Å². The zero-order chi connectivity index (χ0) is 55.5. The summed E-state index contributed by atoms with van der Waals surface area (Å²) in [6.45, 7) is 15.0. The van der Waals surface area contributed by atoms with Gasteiger partial charge in [-0.1, -0.05) is 39.0 Å². The highest BCUT2D eigenvalue weighted by Crippen LogP contribution is 2.71. The molecule has 0 aromatic rings. The number of hydrogen-bond donors (Lipinski definition) is 10. The van der Waals surface area contributed by atoms with Crippen LogP contribution in [0.3, 0.4) is 0 Å². The van der Waals surface area contributed by atoms with Crippen LogP contribution in [0.5, 0.6) is 0 Å². The van der Waals surface area contributed by atoms with Gasteiger partial charge in [0.15, 0.2) is 37.4 Å². The minimum atomic E-state index is -1.80. The van der Waals surface area contributed by atoms with Crippen molar-refractivity contribution in [1.29, 1.82) is 0 Å². The molecule has 6 heterocycles. The van der Waals surface area contributed by atoms with Gasteiger partial charge in [-0.15, -0.1) is 0 Å². The van der Waals surface area contributed by atoms with E-state index in [-0.39, 0.29) is 54.1 Å². The maximum atomic E-state index is 12.4. The second-order valence-electron chi connectivity index (χ2n) is 24.0. The molecule has 10 N–H and O–H groups in total. The van der Waals surface area contributed by atoms with E-state index in [1.165, 1.54) is 6.92 Å². The lowest BCUT2D eigenvalue weighted by Crippen LogP contribution is -2.65. The van der Waals surface area contributed by atoms with Crippen LogP contribution in [0, 0.1) is 40.4 Å². The summed E-state index contributed by atoms with van der Waals surface area (Å²) < 4.78 is 74.1. The standard InChI is InChI=1S/C53H80O24/c1-19-16-68-53(46(65)41(19)74-48-39(63)37(61)35(59)21(3)69-48)20(2)34-32(77-53)15-29-27-10-9-25-13-26(56)14-33(52(25,8)28(27)11-12-51(29,34)7)73-50-45(43(31(58)18-67-50)75-47-38(62)36(60)30(57)17-66-47)76-49-40(64)44(72-24(6)55)42(22(4)70-49)71-23(5)54/h9,20-22,26-50,56-65H,1,10-18H2,2-8H3/t20-,21+,22-,26+,27+,28-,29-,30+,31-,32-,33+,34-,35-,36-,37-,38+,39+,40+,41?,42-,43-,44-,45+,46?,47-,48-,49-,50-,51-,52-,53-/m0/s1. The molecular weight excluding hydrogens is 1020 g/mol. The highest BCUT2D eigenvalue weighted by molar-refractivity contribution is 5.67. The van der Waals surface area contributed by atoms with E-state index in [1.54, 1.807) is 6.92 Å². The number of hydrogen-bond acceptors (Lipinski definition) is 24. The van der Waals surface area contributed by atoms with Gasteiger partial charge in [0.2, 0.25) is 5.79 Å². The molecule has 0 bridgehead atoms. The Morgan fingerprint density at radius 2 is 1.31 bits per heavy atom. The fraction of sp³-hybridized carbons (Fsp3) is 0.887. The first-order chi connectivity index (χ1) is 36.3. The van der Waals surface area contributed by atoms with E-state index in [4.69, 9.17) is 56.8 Å². The molecule has 0 aromatic carbocycles. The van der Waals surface area contributed by atoms with Crippen molar-refractivity contribution >= 4 is 11.9 Å². The second kappa shape index (κ2) is 21.7. The Morgan fingerprint density at radius 1 is 0.675 bits per heavy atom. The molecule has 24 heteroatoms. The molecule has 6 aliphatic heterocycles. The lowest BCUT2D eigenvalue weighted by atomic mass is 9.46. The van der Waals surface area contributed by atoms with Crippen molar-refractivity contribution in [2.24, 2.45) is 40.4 Å². The third-order valence-electron chi connectivity index (χ3n) is 19.5. The first-order valence-electron chi connectivity index (χ1n) is 27.3. The van der Waals surface area contributed by atoms with E-state index in [2.05, 4.69) is 26.5 Å². The normalized spacial score (nSPS) is 54.6. The first kappa shape index (κ1) is 57.8. The lowest BCUT2D eigenvalue weighted by Gasteiger charge is -2.60. The molecule has 3 saturated carbocycles. The largest absolute Gasteiger partial charge is 0.456 e. The predicted molar refractivity (Wildman–Crippen MR) is 257 cm³/mol. The minimum Gasteiger partial charge on any atom is -0.456 e. The molecule has 1 spiro atoms. The number of aliphatic hydroxyl groups excluding tert-OH is 10. The lowest BCUT2D eigenvalue weighted by molar-refractivity contribution is -0.382. The summed E-state index contributed by atoms with van der Waals surface area (Å²) in [5, 5.41) is 111. The molecule has 0 radical (unpaired) electrons. The van der Waals surface area contributed by atoms with E-state index < -0.39 is 171 Å². The molecule has 4 aliphatic carbocycles. The molecular formula is C53H80O24. The van der Waals surface area contributed by atoms with Crippen LogP contribution in [0.25, 0.3) is 0 Å². The van der Waals surface area contributed by atoms with Gasteiger partial charge in [0.25, 0.3) is 0 Å². The predicted octanol–water partition coefficient (Wildman–Crippen LogP) is -1.68. The van der Waals surface area contributed by atoms with Crippen LogP contribution in [0.1, 0.15) is 87.0 Å². The van der Waals surface area contributed by atoms with Crippen LogP contribution in [-0.4, -0.2) is 230 Å². The number of carbonyl (C=O) groups is 2.